The molecular formula is C12H15BrN2O3. The zero-order valence-corrected chi connectivity index (χ0v) is 11.8. The standard InChI is InChI=1S/C12H15BrN2O3/c1-7(2)15(6-11(14)17)12(18)8-3-4-9(13)10(16)5-8/h3-5,7,16H,6H2,1-2H3,(H2,14,17). The largest absolute Gasteiger partial charge is 0.507 e. The van der Waals surface area contributed by atoms with Crippen molar-refractivity contribution in [3.8, 4) is 5.75 Å². The first-order valence-electron chi connectivity index (χ1n) is 5.40. The molecule has 0 saturated heterocycles. The quantitative estimate of drug-likeness (QED) is 0.883. The Bertz CT molecular complexity index is 474. The van der Waals surface area contributed by atoms with Crippen molar-refractivity contribution < 1.29 is 14.7 Å². The van der Waals surface area contributed by atoms with Crippen molar-refractivity contribution in [3.05, 3.63) is 28.2 Å². The molecule has 1 rings (SSSR count). The van der Waals surface area contributed by atoms with E-state index in [9.17, 15) is 14.7 Å². The molecule has 0 heterocycles. The van der Waals surface area contributed by atoms with Crippen LogP contribution < -0.4 is 5.73 Å². The Kier molecular flexibility index (Phi) is 4.72. The molecule has 0 aromatic heterocycles. The van der Waals surface area contributed by atoms with Crippen LogP contribution in [0.1, 0.15) is 24.2 Å². The van der Waals surface area contributed by atoms with Crippen LogP contribution in [0.5, 0.6) is 5.75 Å². The van der Waals surface area contributed by atoms with Crippen LogP contribution in [0.25, 0.3) is 0 Å². The van der Waals surface area contributed by atoms with Gasteiger partial charge in [0.05, 0.1) is 11.0 Å². The van der Waals surface area contributed by atoms with E-state index in [0.717, 1.165) is 0 Å². The van der Waals surface area contributed by atoms with Crippen molar-refractivity contribution in [2.24, 2.45) is 5.73 Å². The van der Waals surface area contributed by atoms with E-state index in [1.165, 1.54) is 11.0 Å². The van der Waals surface area contributed by atoms with Gasteiger partial charge < -0.3 is 15.7 Å². The van der Waals surface area contributed by atoms with Crippen LogP contribution in [-0.2, 0) is 4.79 Å². The average molecular weight is 315 g/mol. The summed E-state index contributed by atoms with van der Waals surface area (Å²) in [5.41, 5.74) is 5.42. The van der Waals surface area contributed by atoms with Crippen molar-refractivity contribution in [3.63, 3.8) is 0 Å². The number of primary amides is 1. The van der Waals surface area contributed by atoms with Crippen LogP contribution in [0.3, 0.4) is 0 Å². The lowest BCUT2D eigenvalue weighted by molar-refractivity contribution is -0.119. The summed E-state index contributed by atoms with van der Waals surface area (Å²) in [7, 11) is 0. The van der Waals surface area contributed by atoms with Crippen LogP contribution in [0.2, 0.25) is 0 Å². The second-order valence-corrected chi connectivity index (χ2v) is 5.01. The van der Waals surface area contributed by atoms with Crippen molar-refractivity contribution in [1.82, 2.24) is 4.90 Å². The number of nitrogens with two attached hydrogens (primary N) is 1. The van der Waals surface area contributed by atoms with Gasteiger partial charge in [-0.1, -0.05) is 0 Å². The molecule has 0 aliphatic rings. The first-order chi connectivity index (χ1) is 8.32. The molecule has 0 saturated carbocycles. The minimum atomic E-state index is -0.571. The van der Waals surface area contributed by atoms with Crippen molar-refractivity contribution in [2.75, 3.05) is 6.54 Å². The van der Waals surface area contributed by atoms with E-state index in [1.54, 1.807) is 26.0 Å². The minimum absolute atomic E-state index is 0.0244. The number of benzene rings is 1. The fourth-order valence-electron chi connectivity index (χ4n) is 1.47. The van der Waals surface area contributed by atoms with Crippen LogP contribution in [0.4, 0.5) is 0 Å². The Morgan fingerprint density at radius 1 is 1.44 bits per heavy atom. The van der Waals surface area contributed by atoms with Gasteiger partial charge in [-0.05, 0) is 48.0 Å². The molecule has 0 fully saturated rings. The Morgan fingerprint density at radius 3 is 2.50 bits per heavy atom. The van der Waals surface area contributed by atoms with Gasteiger partial charge in [-0.2, -0.15) is 0 Å². The molecule has 0 radical (unpaired) electrons. The molecule has 3 N–H and O–H groups in total. The van der Waals surface area contributed by atoms with E-state index >= 15 is 0 Å². The normalized spacial score (nSPS) is 10.4. The van der Waals surface area contributed by atoms with E-state index in [-0.39, 0.29) is 24.2 Å². The summed E-state index contributed by atoms with van der Waals surface area (Å²) in [4.78, 5) is 24.5. The summed E-state index contributed by atoms with van der Waals surface area (Å²) in [5, 5.41) is 9.54. The number of aromatic hydroxyl groups is 1. The lowest BCUT2D eigenvalue weighted by Crippen LogP contribution is -2.42. The molecule has 0 aliphatic carbocycles. The number of phenols is 1. The molecule has 0 aliphatic heterocycles. The molecule has 18 heavy (non-hydrogen) atoms. The summed E-state index contributed by atoms with van der Waals surface area (Å²) >= 11 is 3.14. The van der Waals surface area contributed by atoms with Gasteiger partial charge in [0.25, 0.3) is 5.91 Å². The van der Waals surface area contributed by atoms with Gasteiger partial charge in [0.1, 0.15) is 5.75 Å². The smallest absolute Gasteiger partial charge is 0.254 e. The number of carbonyl (C=O) groups excluding carboxylic acids is 2. The van der Waals surface area contributed by atoms with Crippen molar-refractivity contribution >= 4 is 27.7 Å². The fraction of sp³-hybridized carbons (Fsp3) is 0.333. The maximum atomic E-state index is 12.2. The third-order valence-corrected chi connectivity index (χ3v) is 3.07. The monoisotopic (exact) mass is 314 g/mol. The third kappa shape index (κ3) is 3.46. The molecular weight excluding hydrogens is 300 g/mol. The number of carbonyl (C=O) groups is 2. The molecule has 5 nitrogen and oxygen atoms in total. The van der Waals surface area contributed by atoms with Crippen molar-refractivity contribution in [1.29, 1.82) is 0 Å². The van der Waals surface area contributed by atoms with Gasteiger partial charge in [-0.15, -0.1) is 0 Å². The SMILES string of the molecule is CC(C)N(CC(N)=O)C(=O)c1ccc(Br)c(O)c1. The van der Waals surface area contributed by atoms with E-state index in [1.807, 2.05) is 0 Å². The molecule has 0 spiro atoms. The topological polar surface area (TPSA) is 83.6 Å². The van der Waals surface area contributed by atoms with Gasteiger partial charge >= 0.3 is 0 Å². The van der Waals surface area contributed by atoms with Gasteiger partial charge in [0.15, 0.2) is 0 Å². The first kappa shape index (κ1) is 14.5. The predicted octanol–water partition coefficient (Wildman–Crippen LogP) is 1.49. The first-order valence-corrected chi connectivity index (χ1v) is 6.20. The second kappa shape index (κ2) is 5.86. The molecule has 0 atom stereocenters. The number of hydrogen-bond donors (Lipinski definition) is 2. The molecule has 1 aromatic carbocycles. The van der Waals surface area contributed by atoms with E-state index in [4.69, 9.17) is 5.73 Å². The third-order valence-electron chi connectivity index (χ3n) is 2.40. The van der Waals surface area contributed by atoms with Gasteiger partial charge in [0, 0.05) is 11.6 Å². The summed E-state index contributed by atoms with van der Waals surface area (Å²) in [6.45, 7) is 3.44. The maximum Gasteiger partial charge on any atom is 0.254 e. The van der Waals surface area contributed by atoms with Gasteiger partial charge in [-0.3, -0.25) is 9.59 Å². The summed E-state index contributed by atoms with van der Waals surface area (Å²) < 4.78 is 0.505. The number of amides is 2. The Labute approximate surface area is 114 Å². The lowest BCUT2D eigenvalue weighted by Gasteiger charge is -2.25. The Hall–Kier alpha value is -1.56. The number of phenolic OH excluding ortho intramolecular Hbond substituents is 1. The zero-order valence-electron chi connectivity index (χ0n) is 10.2. The number of hydrogen-bond acceptors (Lipinski definition) is 3. The molecule has 6 heteroatoms. The molecule has 0 unspecified atom stereocenters. The zero-order chi connectivity index (χ0) is 13.9. The molecule has 2 amide bonds. The maximum absolute atomic E-state index is 12.2. The number of rotatable bonds is 4. The predicted molar refractivity (Wildman–Crippen MR) is 71.2 cm³/mol. The highest BCUT2D eigenvalue weighted by Gasteiger charge is 2.21. The van der Waals surface area contributed by atoms with Crippen molar-refractivity contribution in [2.45, 2.75) is 19.9 Å². The highest BCUT2D eigenvalue weighted by Crippen LogP contribution is 2.25. The Balaban J connectivity index is 3.02. The fourth-order valence-corrected chi connectivity index (χ4v) is 1.71. The van der Waals surface area contributed by atoms with Crippen LogP contribution in [0, 0.1) is 0 Å². The highest BCUT2D eigenvalue weighted by atomic mass is 79.9. The van der Waals surface area contributed by atoms with Crippen LogP contribution in [-0.4, -0.2) is 34.4 Å². The van der Waals surface area contributed by atoms with E-state index < -0.39 is 5.91 Å². The minimum Gasteiger partial charge on any atom is -0.507 e. The van der Waals surface area contributed by atoms with Crippen LogP contribution in [0.15, 0.2) is 22.7 Å². The highest BCUT2D eigenvalue weighted by molar-refractivity contribution is 9.10. The summed E-state index contributed by atoms with van der Waals surface area (Å²) in [6, 6.07) is 4.34. The van der Waals surface area contributed by atoms with E-state index in [0.29, 0.717) is 10.0 Å². The Morgan fingerprint density at radius 2 is 2.06 bits per heavy atom. The van der Waals surface area contributed by atoms with Crippen LogP contribution >= 0.6 is 15.9 Å². The molecule has 98 valence electrons. The van der Waals surface area contributed by atoms with Gasteiger partial charge in [0.2, 0.25) is 5.91 Å². The molecule has 1 aromatic rings. The van der Waals surface area contributed by atoms with Gasteiger partial charge in [-0.25, -0.2) is 0 Å². The number of nitrogens with zero attached hydrogens (tertiary/aromatic N) is 1. The number of halogens is 1. The summed E-state index contributed by atoms with van der Waals surface area (Å²) in [5.74, 6) is -0.936. The second-order valence-electron chi connectivity index (χ2n) is 4.16. The molecule has 0 bridgehead atoms. The average Bonchev–Trinajstić information content (AvgIpc) is 2.28. The summed E-state index contributed by atoms with van der Waals surface area (Å²) in [6.07, 6.45) is 0. The lowest BCUT2D eigenvalue weighted by atomic mass is 10.1. The van der Waals surface area contributed by atoms with E-state index in [2.05, 4.69) is 15.9 Å².